The average Bonchev–Trinajstić information content (AvgIpc) is 2.61. The lowest BCUT2D eigenvalue weighted by Crippen LogP contribution is -2.42. The minimum Gasteiger partial charge on any atom is -0.376 e. The first kappa shape index (κ1) is 21.1. The van der Waals surface area contributed by atoms with Crippen molar-refractivity contribution in [2.24, 2.45) is 0 Å². The van der Waals surface area contributed by atoms with Gasteiger partial charge in [0.15, 0.2) is 0 Å². The van der Waals surface area contributed by atoms with Crippen LogP contribution in [0.2, 0.25) is 10.0 Å². The lowest BCUT2D eigenvalue weighted by atomic mass is 10.0. The second-order valence-electron chi connectivity index (χ2n) is 6.77. The van der Waals surface area contributed by atoms with Crippen molar-refractivity contribution in [2.45, 2.75) is 32.7 Å². The maximum atomic E-state index is 12.4. The van der Waals surface area contributed by atoms with Crippen LogP contribution in [0.25, 0.3) is 0 Å². The summed E-state index contributed by atoms with van der Waals surface area (Å²) in [5.41, 5.74) is 1.27. The summed E-state index contributed by atoms with van der Waals surface area (Å²) in [5.74, 6) is -0.472. The van der Waals surface area contributed by atoms with Gasteiger partial charge in [-0.25, -0.2) is 0 Å². The van der Waals surface area contributed by atoms with Gasteiger partial charge in [-0.05, 0) is 50.6 Å². The Kier molecular flexibility index (Phi) is 7.11. The van der Waals surface area contributed by atoms with Crippen molar-refractivity contribution in [3.63, 3.8) is 0 Å². The van der Waals surface area contributed by atoms with Gasteiger partial charge in [-0.2, -0.15) is 0 Å². The summed E-state index contributed by atoms with van der Waals surface area (Å²) in [6.07, 6.45) is 0.802. The number of nitrogens with one attached hydrogen (secondary N) is 3. The number of rotatable bonds is 7. The summed E-state index contributed by atoms with van der Waals surface area (Å²) in [6.45, 7) is 5.94. The Labute approximate surface area is 169 Å². The van der Waals surface area contributed by atoms with Crippen molar-refractivity contribution < 1.29 is 9.59 Å². The minimum atomic E-state index is -0.311. The molecule has 7 heteroatoms. The molecule has 0 saturated carbocycles. The number of carbonyl (C=O) groups excluding carboxylic acids is 2. The zero-order valence-electron chi connectivity index (χ0n) is 15.5. The zero-order chi connectivity index (χ0) is 20.0. The molecule has 0 atom stereocenters. The molecule has 2 aromatic carbocycles. The van der Waals surface area contributed by atoms with Crippen molar-refractivity contribution in [2.75, 3.05) is 17.2 Å². The Bertz CT molecular complexity index is 838. The number of benzene rings is 2. The fraction of sp³-hybridized carbons (Fsp3) is 0.300. The van der Waals surface area contributed by atoms with Crippen molar-refractivity contribution >= 4 is 46.4 Å². The topological polar surface area (TPSA) is 70.2 Å². The van der Waals surface area contributed by atoms with Crippen molar-refractivity contribution in [3.05, 3.63) is 58.1 Å². The number of amides is 2. The van der Waals surface area contributed by atoms with E-state index >= 15 is 0 Å². The molecule has 0 unspecified atom stereocenters. The fourth-order valence-corrected chi connectivity index (χ4v) is 2.66. The Morgan fingerprint density at radius 2 is 1.74 bits per heavy atom. The molecule has 0 bridgehead atoms. The van der Waals surface area contributed by atoms with Crippen molar-refractivity contribution in [3.8, 4) is 0 Å². The fourth-order valence-electron chi connectivity index (χ4n) is 2.21. The molecule has 0 fully saturated rings. The molecule has 2 amide bonds. The van der Waals surface area contributed by atoms with Gasteiger partial charge in [0.1, 0.15) is 0 Å². The zero-order valence-corrected chi connectivity index (χ0v) is 17.0. The first-order valence-electron chi connectivity index (χ1n) is 8.62. The summed E-state index contributed by atoms with van der Waals surface area (Å²) in [6, 6.07) is 12.0. The lowest BCUT2D eigenvalue weighted by molar-refractivity contribution is -0.114. The maximum absolute atomic E-state index is 12.4. The third kappa shape index (κ3) is 6.15. The highest BCUT2D eigenvalue weighted by Crippen LogP contribution is 2.23. The van der Waals surface area contributed by atoms with Gasteiger partial charge >= 0.3 is 0 Å². The quantitative estimate of drug-likeness (QED) is 0.606. The van der Waals surface area contributed by atoms with E-state index in [0.29, 0.717) is 27.0 Å². The number of para-hydroxylation sites is 1. The number of anilines is 2. The van der Waals surface area contributed by atoms with Gasteiger partial charge in [-0.15, -0.1) is 0 Å². The summed E-state index contributed by atoms with van der Waals surface area (Å²) in [7, 11) is 0. The van der Waals surface area contributed by atoms with Gasteiger partial charge in [0.05, 0.1) is 27.8 Å². The van der Waals surface area contributed by atoms with E-state index in [9.17, 15) is 9.59 Å². The molecular weight excluding hydrogens is 385 g/mol. The molecule has 0 aromatic heterocycles. The Hall–Kier alpha value is -2.24. The van der Waals surface area contributed by atoms with Gasteiger partial charge in [0.2, 0.25) is 5.91 Å². The predicted octanol–water partition coefficient (Wildman–Crippen LogP) is 4.96. The van der Waals surface area contributed by atoms with Crippen LogP contribution in [-0.4, -0.2) is 23.9 Å². The van der Waals surface area contributed by atoms with Gasteiger partial charge in [-0.3, -0.25) is 9.59 Å². The van der Waals surface area contributed by atoms with Gasteiger partial charge in [0.25, 0.3) is 5.91 Å². The normalized spacial score (nSPS) is 11.0. The molecule has 5 nitrogen and oxygen atoms in total. The molecule has 144 valence electrons. The Morgan fingerprint density at radius 1 is 1.04 bits per heavy atom. The van der Waals surface area contributed by atoms with Gasteiger partial charge in [0, 0.05) is 11.2 Å². The molecule has 0 aliphatic rings. The lowest BCUT2D eigenvalue weighted by Gasteiger charge is -2.24. The molecule has 2 rings (SSSR count). The van der Waals surface area contributed by atoms with Crippen molar-refractivity contribution in [1.29, 1.82) is 0 Å². The second kappa shape index (κ2) is 9.11. The molecule has 0 saturated heterocycles. The van der Waals surface area contributed by atoms with E-state index in [-0.39, 0.29) is 23.9 Å². The minimum absolute atomic E-state index is 0.0377. The molecule has 3 N–H and O–H groups in total. The number of carbonyl (C=O) groups is 2. The predicted molar refractivity (Wildman–Crippen MR) is 112 cm³/mol. The largest absolute Gasteiger partial charge is 0.376 e. The SMILES string of the molecule is CCC(C)(C)NC(=O)c1ccc(NCC(=O)Nc2ccccc2Cl)cc1Cl. The molecule has 0 aliphatic heterocycles. The van der Waals surface area contributed by atoms with E-state index in [1.807, 2.05) is 20.8 Å². The maximum Gasteiger partial charge on any atom is 0.253 e. The van der Waals surface area contributed by atoms with Crippen LogP contribution in [0.15, 0.2) is 42.5 Å². The molecule has 27 heavy (non-hydrogen) atoms. The highest BCUT2D eigenvalue weighted by Gasteiger charge is 2.20. The van der Waals surface area contributed by atoms with E-state index in [0.717, 1.165) is 6.42 Å². The summed E-state index contributed by atoms with van der Waals surface area (Å²) >= 11 is 12.3. The van der Waals surface area contributed by atoms with Crippen LogP contribution < -0.4 is 16.0 Å². The molecule has 0 aliphatic carbocycles. The third-order valence-electron chi connectivity index (χ3n) is 4.15. The van der Waals surface area contributed by atoms with Crippen LogP contribution in [0.1, 0.15) is 37.6 Å². The van der Waals surface area contributed by atoms with Crippen LogP contribution in [0.3, 0.4) is 0 Å². The molecule has 0 radical (unpaired) electrons. The van der Waals surface area contributed by atoms with E-state index in [2.05, 4.69) is 16.0 Å². The monoisotopic (exact) mass is 407 g/mol. The Morgan fingerprint density at radius 3 is 2.37 bits per heavy atom. The molecule has 2 aromatic rings. The van der Waals surface area contributed by atoms with Crippen LogP contribution in [0.5, 0.6) is 0 Å². The van der Waals surface area contributed by atoms with Gasteiger partial charge < -0.3 is 16.0 Å². The first-order chi connectivity index (χ1) is 12.7. The summed E-state index contributed by atoms with van der Waals surface area (Å²) in [4.78, 5) is 24.4. The van der Waals surface area contributed by atoms with E-state index < -0.39 is 0 Å². The Balaban J connectivity index is 1.96. The second-order valence-corrected chi connectivity index (χ2v) is 7.58. The van der Waals surface area contributed by atoms with Gasteiger partial charge in [-0.1, -0.05) is 42.3 Å². The van der Waals surface area contributed by atoms with E-state index in [4.69, 9.17) is 23.2 Å². The van der Waals surface area contributed by atoms with E-state index in [1.165, 1.54) is 0 Å². The molecular formula is C20H23Cl2N3O2. The van der Waals surface area contributed by atoms with Crippen LogP contribution in [-0.2, 0) is 4.79 Å². The highest BCUT2D eigenvalue weighted by atomic mass is 35.5. The summed E-state index contributed by atoms with van der Waals surface area (Å²) in [5, 5.41) is 9.44. The smallest absolute Gasteiger partial charge is 0.253 e. The molecule has 0 spiro atoms. The van der Waals surface area contributed by atoms with Crippen LogP contribution >= 0.6 is 23.2 Å². The standard InChI is InChI=1S/C20H23Cl2N3O2/c1-4-20(2,3)25-19(27)14-10-9-13(11-16(14)22)23-12-18(26)24-17-8-6-5-7-15(17)21/h5-11,23H,4,12H2,1-3H3,(H,24,26)(H,25,27). The van der Waals surface area contributed by atoms with Crippen molar-refractivity contribution in [1.82, 2.24) is 5.32 Å². The highest BCUT2D eigenvalue weighted by molar-refractivity contribution is 6.34. The first-order valence-corrected chi connectivity index (χ1v) is 9.38. The molecule has 0 heterocycles. The number of halogens is 2. The van der Waals surface area contributed by atoms with E-state index in [1.54, 1.807) is 42.5 Å². The summed E-state index contributed by atoms with van der Waals surface area (Å²) < 4.78 is 0. The third-order valence-corrected chi connectivity index (χ3v) is 4.79. The number of hydrogen-bond acceptors (Lipinski definition) is 3. The number of hydrogen-bond donors (Lipinski definition) is 3. The van der Waals surface area contributed by atoms with Crippen LogP contribution in [0.4, 0.5) is 11.4 Å². The van der Waals surface area contributed by atoms with Crippen LogP contribution in [0, 0.1) is 0 Å². The average molecular weight is 408 g/mol.